The Morgan fingerprint density at radius 1 is 1.31 bits per heavy atom. The molecular formula is C16H20F3NO5S. The predicted molar refractivity (Wildman–Crippen MR) is 87.6 cm³/mol. The van der Waals surface area contributed by atoms with Crippen LogP contribution in [0.2, 0.25) is 0 Å². The van der Waals surface area contributed by atoms with Gasteiger partial charge in [-0.3, -0.25) is 4.79 Å². The zero-order valence-electron chi connectivity index (χ0n) is 14.1. The fourth-order valence-corrected chi connectivity index (χ4v) is 3.88. The van der Waals surface area contributed by atoms with Gasteiger partial charge in [-0.05, 0) is 37.6 Å². The second kappa shape index (κ2) is 8.36. The van der Waals surface area contributed by atoms with E-state index in [1.165, 1.54) is 6.92 Å². The summed E-state index contributed by atoms with van der Waals surface area (Å²) < 4.78 is 73.5. The van der Waals surface area contributed by atoms with Gasteiger partial charge in [-0.1, -0.05) is 0 Å². The first kappa shape index (κ1) is 20.7. The van der Waals surface area contributed by atoms with Crippen molar-refractivity contribution in [1.29, 1.82) is 0 Å². The second-order valence-corrected chi connectivity index (χ2v) is 7.87. The largest absolute Gasteiger partial charge is 0.493 e. The van der Waals surface area contributed by atoms with Gasteiger partial charge in [-0.2, -0.15) is 13.2 Å². The van der Waals surface area contributed by atoms with Gasteiger partial charge in [-0.25, -0.2) is 13.1 Å². The molecule has 0 aromatic heterocycles. The second-order valence-electron chi connectivity index (χ2n) is 6.11. The van der Waals surface area contributed by atoms with E-state index < -0.39 is 33.9 Å². The Balaban J connectivity index is 1.96. The maximum Gasteiger partial charge on any atom is 0.404 e. The summed E-state index contributed by atoms with van der Waals surface area (Å²) >= 11 is 0. The Kier molecular flexibility index (Phi) is 6.64. The summed E-state index contributed by atoms with van der Waals surface area (Å²) in [5.41, 5.74) is 0.524. The van der Waals surface area contributed by atoms with Crippen LogP contribution in [0.3, 0.4) is 0 Å². The third-order valence-electron chi connectivity index (χ3n) is 3.88. The Morgan fingerprint density at radius 2 is 1.96 bits per heavy atom. The number of halogens is 3. The molecule has 1 heterocycles. The molecule has 1 aliphatic heterocycles. The first-order valence-corrected chi connectivity index (χ1v) is 9.59. The number of hydrogen-bond donors (Lipinski definition) is 1. The summed E-state index contributed by atoms with van der Waals surface area (Å²) in [6, 6.07) is 5.69. The molecule has 1 fully saturated rings. The van der Waals surface area contributed by atoms with E-state index in [1.54, 1.807) is 24.3 Å². The number of Topliss-reactive ketones (excluding diaryl/α,β-unsaturated/α-hetero) is 1. The molecule has 1 saturated heterocycles. The van der Waals surface area contributed by atoms with Gasteiger partial charge in [0.25, 0.3) is 0 Å². The lowest BCUT2D eigenvalue weighted by Crippen LogP contribution is -2.49. The van der Waals surface area contributed by atoms with E-state index in [2.05, 4.69) is 4.72 Å². The van der Waals surface area contributed by atoms with Gasteiger partial charge in [-0.15, -0.1) is 0 Å². The maximum atomic E-state index is 12.4. The Hall–Kier alpha value is -1.65. The van der Waals surface area contributed by atoms with E-state index in [0.29, 0.717) is 11.3 Å². The van der Waals surface area contributed by atoms with Crippen LogP contribution in [0.1, 0.15) is 23.7 Å². The molecule has 1 aromatic rings. The van der Waals surface area contributed by atoms with Crippen molar-refractivity contribution in [2.24, 2.45) is 5.92 Å². The number of carbonyl (C=O) groups excluding carboxylic acids is 1. The van der Waals surface area contributed by atoms with Crippen LogP contribution in [-0.2, 0) is 14.8 Å². The molecule has 0 saturated carbocycles. The number of rotatable bonds is 7. The van der Waals surface area contributed by atoms with Crippen LogP contribution < -0.4 is 9.46 Å². The molecule has 0 amide bonds. The van der Waals surface area contributed by atoms with E-state index in [9.17, 15) is 26.4 Å². The van der Waals surface area contributed by atoms with Crippen molar-refractivity contribution in [3.05, 3.63) is 29.8 Å². The minimum atomic E-state index is -4.80. The monoisotopic (exact) mass is 395 g/mol. The highest BCUT2D eigenvalue weighted by molar-refractivity contribution is 7.89. The van der Waals surface area contributed by atoms with Crippen molar-refractivity contribution in [2.45, 2.75) is 25.6 Å². The van der Waals surface area contributed by atoms with Crippen LogP contribution in [-0.4, -0.2) is 52.0 Å². The number of hydrogen-bond acceptors (Lipinski definition) is 5. The van der Waals surface area contributed by atoms with Crippen molar-refractivity contribution in [3.63, 3.8) is 0 Å². The number of carbonyl (C=O) groups is 1. The molecule has 10 heteroatoms. The number of benzene rings is 1. The molecule has 2 atom stereocenters. The lowest BCUT2D eigenvalue weighted by molar-refractivity contribution is -0.106. The lowest BCUT2D eigenvalue weighted by atomic mass is 9.98. The number of sulfonamides is 1. The first-order valence-electron chi connectivity index (χ1n) is 7.94. The number of alkyl halides is 3. The van der Waals surface area contributed by atoms with E-state index in [4.69, 9.17) is 9.47 Å². The third kappa shape index (κ3) is 6.58. The third-order valence-corrected chi connectivity index (χ3v) is 5.25. The highest BCUT2D eigenvalue weighted by Gasteiger charge is 2.38. The molecule has 1 N–H and O–H groups in total. The quantitative estimate of drug-likeness (QED) is 0.716. The van der Waals surface area contributed by atoms with Gasteiger partial charge in [0.05, 0.1) is 13.2 Å². The Labute approximate surface area is 149 Å². The molecule has 0 aliphatic carbocycles. The molecule has 0 radical (unpaired) electrons. The molecule has 6 nitrogen and oxygen atoms in total. The fourth-order valence-electron chi connectivity index (χ4n) is 2.59. The van der Waals surface area contributed by atoms with E-state index in [-0.39, 0.29) is 32.0 Å². The summed E-state index contributed by atoms with van der Waals surface area (Å²) in [6.07, 6.45) is -4.55. The van der Waals surface area contributed by atoms with Crippen molar-refractivity contribution in [3.8, 4) is 5.75 Å². The standard InChI is InChI=1S/C16H20F3NO5S/c1-11(21)12-2-4-14(5-3-12)25-9-13-8-24-7-6-15(13)20-26(22,23)10-16(17,18)19/h2-5,13,15,20H,6-10H2,1H3. The first-order chi connectivity index (χ1) is 12.1. The topological polar surface area (TPSA) is 81.7 Å². The maximum absolute atomic E-state index is 12.4. The van der Waals surface area contributed by atoms with Gasteiger partial charge in [0.1, 0.15) is 5.75 Å². The average Bonchev–Trinajstić information content (AvgIpc) is 2.51. The number of ketones is 1. The number of nitrogens with one attached hydrogen (secondary N) is 1. The molecule has 146 valence electrons. The Morgan fingerprint density at radius 3 is 2.54 bits per heavy atom. The van der Waals surface area contributed by atoms with Crippen molar-refractivity contribution in [1.82, 2.24) is 4.72 Å². The van der Waals surface area contributed by atoms with E-state index >= 15 is 0 Å². The molecular weight excluding hydrogens is 375 g/mol. The van der Waals surface area contributed by atoms with Crippen LogP contribution in [0.4, 0.5) is 13.2 Å². The van der Waals surface area contributed by atoms with Crippen molar-refractivity contribution in [2.75, 3.05) is 25.6 Å². The Bertz CT molecular complexity index is 718. The highest BCUT2D eigenvalue weighted by Crippen LogP contribution is 2.21. The summed E-state index contributed by atoms with van der Waals surface area (Å²) in [5.74, 6) is -1.97. The summed E-state index contributed by atoms with van der Waals surface area (Å²) in [7, 11) is -4.49. The average molecular weight is 395 g/mol. The smallest absolute Gasteiger partial charge is 0.404 e. The normalized spacial score (nSPS) is 21.4. The minimum absolute atomic E-state index is 0.0681. The van der Waals surface area contributed by atoms with Gasteiger partial charge >= 0.3 is 6.18 Å². The van der Waals surface area contributed by atoms with Crippen molar-refractivity contribution < 1.29 is 35.9 Å². The highest BCUT2D eigenvalue weighted by atomic mass is 32.2. The SMILES string of the molecule is CC(=O)c1ccc(OCC2COCCC2NS(=O)(=O)CC(F)(F)F)cc1. The zero-order chi connectivity index (χ0) is 19.4. The fraction of sp³-hybridized carbons (Fsp3) is 0.562. The minimum Gasteiger partial charge on any atom is -0.493 e. The molecule has 2 unspecified atom stereocenters. The summed E-state index contributed by atoms with van der Waals surface area (Å²) in [5, 5.41) is 0. The van der Waals surface area contributed by atoms with Gasteiger partial charge < -0.3 is 9.47 Å². The molecule has 0 spiro atoms. The van der Waals surface area contributed by atoms with Gasteiger partial charge in [0.2, 0.25) is 10.0 Å². The van der Waals surface area contributed by atoms with E-state index in [0.717, 1.165) is 0 Å². The van der Waals surface area contributed by atoms with Crippen LogP contribution in [0.5, 0.6) is 5.75 Å². The van der Waals surface area contributed by atoms with E-state index in [1.807, 2.05) is 0 Å². The molecule has 26 heavy (non-hydrogen) atoms. The molecule has 2 rings (SSSR count). The van der Waals surface area contributed by atoms with Gasteiger partial charge in [0.15, 0.2) is 11.5 Å². The van der Waals surface area contributed by atoms with Gasteiger partial charge in [0, 0.05) is 24.1 Å². The summed E-state index contributed by atoms with van der Waals surface area (Å²) in [6.45, 7) is 1.93. The molecule has 1 aliphatic rings. The number of ether oxygens (including phenoxy) is 2. The molecule has 0 bridgehead atoms. The van der Waals surface area contributed by atoms with Crippen LogP contribution in [0.25, 0.3) is 0 Å². The molecule has 1 aromatic carbocycles. The van der Waals surface area contributed by atoms with Crippen molar-refractivity contribution >= 4 is 15.8 Å². The predicted octanol–water partition coefficient (Wildman–Crippen LogP) is 2.15. The van der Waals surface area contributed by atoms with Crippen LogP contribution >= 0.6 is 0 Å². The van der Waals surface area contributed by atoms with Crippen LogP contribution in [0, 0.1) is 5.92 Å². The summed E-state index contributed by atoms with van der Waals surface area (Å²) in [4.78, 5) is 11.2. The zero-order valence-corrected chi connectivity index (χ0v) is 14.9. The lowest BCUT2D eigenvalue weighted by Gasteiger charge is -2.31. The van der Waals surface area contributed by atoms with Crippen LogP contribution in [0.15, 0.2) is 24.3 Å².